The first-order chi connectivity index (χ1) is 10.0. The highest BCUT2D eigenvalue weighted by Crippen LogP contribution is 2.40. The molecule has 1 aliphatic rings. The van der Waals surface area contributed by atoms with Crippen molar-refractivity contribution < 1.29 is 19.0 Å². The van der Waals surface area contributed by atoms with Crippen molar-refractivity contribution in [2.45, 2.75) is 13.0 Å². The highest BCUT2D eigenvalue weighted by atomic mass is 16.5. The lowest BCUT2D eigenvalue weighted by Gasteiger charge is -2.20. The van der Waals surface area contributed by atoms with E-state index in [1.807, 2.05) is 6.92 Å². The Balaban J connectivity index is 2.37. The van der Waals surface area contributed by atoms with Crippen molar-refractivity contribution in [1.82, 2.24) is 4.90 Å². The average molecular weight is 294 g/mol. The fourth-order valence-corrected chi connectivity index (χ4v) is 2.60. The summed E-state index contributed by atoms with van der Waals surface area (Å²) in [4.78, 5) is 14.4. The number of nitrogens with two attached hydrogens (primary N) is 1. The summed E-state index contributed by atoms with van der Waals surface area (Å²) in [6.45, 7) is 3.25. The third-order valence-electron chi connectivity index (χ3n) is 3.89. The summed E-state index contributed by atoms with van der Waals surface area (Å²) >= 11 is 0. The zero-order valence-corrected chi connectivity index (χ0v) is 12.9. The fraction of sp³-hybridized carbons (Fsp3) is 0.533. The Morgan fingerprint density at radius 2 is 1.81 bits per heavy atom. The van der Waals surface area contributed by atoms with Crippen LogP contribution in [0.5, 0.6) is 17.2 Å². The van der Waals surface area contributed by atoms with Crippen molar-refractivity contribution in [3.63, 3.8) is 0 Å². The summed E-state index contributed by atoms with van der Waals surface area (Å²) < 4.78 is 15.9. The standard InChI is InChI=1S/C15H22N2O4/c1-9-7-17(8-11(9)16)15(18)10-5-6-12(19-2)14(21-4)13(10)20-3/h5-6,9,11H,7-8,16H2,1-4H3. The molecule has 1 heterocycles. The summed E-state index contributed by atoms with van der Waals surface area (Å²) in [5.41, 5.74) is 6.44. The van der Waals surface area contributed by atoms with Gasteiger partial charge in [0.2, 0.25) is 5.75 Å². The predicted octanol–water partition coefficient (Wildman–Crippen LogP) is 1.13. The number of hydrogen-bond acceptors (Lipinski definition) is 5. The number of carbonyl (C=O) groups is 1. The van der Waals surface area contributed by atoms with Crippen LogP contribution in [0.1, 0.15) is 17.3 Å². The molecule has 116 valence electrons. The third kappa shape index (κ3) is 2.76. The zero-order chi connectivity index (χ0) is 15.6. The van der Waals surface area contributed by atoms with Crippen LogP contribution in [0.3, 0.4) is 0 Å². The van der Waals surface area contributed by atoms with Crippen molar-refractivity contribution in [3.8, 4) is 17.2 Å². The molecule has 6 heteroatoms. The molecule has 1 saturated heterocycles. The summed E-state index contributed by atoms with van der Waals surface area (Å²) in [7, 11) is 4.56. The summed E-state index contributed by atoms with van der Waals surface area (Å²) in [6.07, 6.45) is 0. The number of ether oxygens (including phenoxy) is 3. The van der Waals surface area contributed by atoms with Crippen LogP contribution in [-0.2, 0) is 0 Å². The van der Waals surface area contributed by atoms with E-state index in [1.165, 1.54) is 14.2 Å². The van der Waals surface area contributed by atoms with Gasteiger partial charge in [0.15, 0.2) is 11.5 Å². The molecule has 0 bridgehead atoms. The molecule has 1 amide bonds. The van der Waals surface area contributed by atoms with Crippen molar-refractivity contribution in [2.75, 3.05) is 34.4 Å². The van der Waals surface area contributed by atoms with Crippen molar-refractivity contribution in [1.29, 1.82) is 0 Å². The van der Waals surface area contributed by atoms with E-state index in [2.05, 4.69) is 0 Å². The number of carbonyl (C=O) groups excluding carboxylic acids is 1. The minimum atomic E-state index is -0.104. The fourth-order valence-electron chi connectivity index (χ4n) is 2.60. The molecular formula is C15H22N2O4. The average Bonchev–Trinajstić information content (AvgIpc) is 2.84. The minimum Gasteiger partial charge on any atom is -0.493 e. The maximum absolute atomic E-state index is 12.7. The molecule has 0 aromatic heterocycles. The molecule has 21 heavy (non-hydrogen) atoms. The van der Waals surface area contributed by atoms with Crippen molar-refractivity contribution in [2.24, 2.45) is 11.7 Å². The van der Waals surface area contributed by atoms with Crippen LogP contribution in [0, 0.1) is 5.92 Å². The Morgan fingerprint density at radius 1 is 1.14 bits per heavy atom. The number of hydrogen-bond donors (Lipinski definition) is 1. The van der Waals surface area contributed by atoms with Gasteiger partial charge < -0.3 is 24.8 Å². The topological polar surface area (TPSA) is 74.0 Å². The van der Waals surface area contributed by atoms with Crippen LogP contribution in [0.25, 0.3) is 0 Å². The number of rotatable bonds is 4. The second-order valence-corrected chi connectivity index (χ2v) is 5.23. The summed E-state index contributed by atoms with van der Waals surface area (Å²) in [6, 6.07) is 3.41. The Hall–Kier alpha value is -1.95. The molecule has 0 saturated carbocycles. The Labute approximate surface area is 124 Å². The molecule has 2 rings (SSSR count). The van der Waals surface area contributed by atoms with E-state index in [0.717, 1.165) is 0 Å². The molecule has 1 fully saturated rings. The maximum Gasteiger partial charge on any atom is 0.257 e. The lowest BCUT2D eigenvalue weighted by atomic mass is 10.1. The molecule has 1 aliphatic heterocycles. The van der Waals surface area contributed by atoms with E-state index in [-0.39, 0.29) is 11.9 Å². The van der Waals surface area contributed by atoms with E-state index in [4.69, 9.17) is 19.9 Å². The summed E-state index contributed by atoms with van der Waals surface area (Å²) in [5, 5.41) is 0. The molecular weight excluding hydrogens is 272 g/mol. The van der Waals surface area contributed by atoms with Gasteiger partial charge in [-0.2, -0.15) is 0 Å². The first-order valence-corrected chi connectivity index (χ1v) is 6.87. The highest BCUT2D eigenvalue weighted by molar-refractivity contribution is 5.98. The van der Waals surface area contributed by atoms with Crippen LogP contribution < -0.4 is 19.9 Å². The predicted molar refractivity (Wildman–Crippen MR) is 79.1 cm³/mol. The Morgan fingerprint density at radius 3 is 2.29 bits per heavy atom. The van der Waals surface area contributed by atoms with Crippen LogP contribution in [0.4, 0.5) is 0 Å². The van der Waals surface area contributed by atoms with Gasteiger partial charge in [0, 0.05) is 19.1 Å². The Bertz CT molecular complexity index is 523. The van der Waals surface area contributed by atoms with E-state index >= 15 is 0 Å². The van der Waals surface area contributed by atoms with Gasteiger partial charge in [-0.05, 0) is 18.1 Å². The Kier molecular flexibility index (Phi) is 4.57. The first-order valence-electron chi connectivity index (χ1n) is 6.87. The molecule has 0 spiro atoms. The molecule has 6 nitrogen and oxygen atoms in total. The maximum atomic E-state index is 12.7. The molecule has 0 aliphatic carbocycles. The molecule has 2 N–H and O–H groups in total. The number of nitrogens with zero attached hydrogens (tertiary/aromatic N) is 1. The van der Waals surface area contributed by atoms with Crippen molar-refractivity contribution in [3.05, 3.63) is 17.7 Å². The number of benzene rings is 1. The molecule has 0 radical (unpaired) electrons. The molecule has 2 atom stereocenters. The lowest BCUT2D eigenvalue weighted by molar-refractivity contribution is 0.0782. The second kappa shape index (κ2) is 6.22. The van der Waals surface area contributed by atoms with Gasteiger partial charge in [0.25, 0.3) is 5.91 Å². The highest BCUT2D eigenvalue weighted by Gasteiger charge is 2.32. The van der Waals surface area contributed by atoms with Gasteiger partial charge in [0.05, 0.1) is 26.9 Å². The van der Waals surface area contributed by atoms with E-state index in [9.17, 15) is 4.79 Å². The molecule has 1 aromatic carbocycles. The smallest absolute Gasteiger partial charge is 0.257 e. The summed E-state index contributed by atoms with van der Waals surface area (Å²) in [5.74, 6) is 1.52. The van der Waals surface area contributed by atoms with Crippen LogP contribution >= 0.6 is 0 Å². The lowest BCUT2D eigenvalue weighted by Crippen LogP contribution is -2.32. The largest absolute Gasteiger partial charge is 0.493 e. The SMILES string of the molecule is COc1ccc(C(=O)N2CC(C)C(N)C2)c(OC)c1OC. The molecule has 2 unspecified atom stereocenters. The monoisotopic (exact) mass is 294 g/mol. The number of likely N-dealkylation sites (tertiary alicyclic amines) is 1. The quantitative estimate of drug-likeness (QED) is 0.901. The van der Waals surface area contributed by atoms with E-state index in [1.54, 1.807) is 24.1 Å². The van der Waals surface area contributed by atoms with Crippen molar-refractivity contribution >= 4 is 5.91 Å². The van der Waals surface area contributed by atoms with Gasteiger partial charge >= 0.3 is 0 Å². The zero-order valence-electron chi connectivity index (χ0n) is 12.9. The van der Waals surface area contributed by atoms with Gasteiger partial charge in [-0.15, -0.1) is 0 Å². The van der Waals surface area contributed by atoms with Crippen LogP contribution in [-0.4, -0.2) is 51.3 Å². The number of methoxy groups -OCH3 is 3. The first kappa shape index (κ1) is 15.4. The van der Waals surface area contributed by atoms with Crippen LogP contribution in [0.2, 0.25) is 0 Å². The van der Waals surface area contributed by atoms with Gasteiger partial charge in [-0.1, -0.05) is 6.92 Å². The van der Waals surface area contributed by atoms with E-state index < -0.39 is 0 Å². The van der Waals surface area contributed by atoms with E-state index in [0.29, 0.717) is 41.8 Å². The van der Waals surface area contributed by atoms with Gasteiger partial charge in [-0.25, -0.2) is 0 Å². The minimum absolute atomic E-state index is 0.0140. The number of amides is 1. The van der Waals surface area contributed by atoms with Crippen LogP contribution in [0.15, 0.2) is 12.1 Å². The third-order valence-corrected chi connectivity index (χ3v) is 3.89. The normalized spacial score (nSPS) is 21.3. The second-order valence-electron chi connectivity index (χ2n) is 5.23. The van der Waals surface area contributed by atoms with Gasteiger partial charge in [-0.3, -0.25) is 4.79 Å². The molecule has 1 aromatic rings. The van der Waals surface area contributed by atoms with Gasteiger partial charge in [0.1, 0.15) is 0 Å².